The van der Waals surface area contributed by atoms with Crippen LogP contribution in [0.25, 0.3) is 12.3 Å². The number of hydrogen-bond acceptors (Lipinski definition) is 4. The van der Waals surface area contributed by atoms with Gasteiger partial charge in [-0.05, 0) is 43.4 Å². The zero-order valence-corrected chi connectivity index (χ0v) is 16.0. The van der Waals surface area contributed by atoms with E-state index in [-0.39, 0.29) is 5.43 Å². The summed E-state index contributed by atoms with van der Waals surface area (Å²) in [5.41, 5.74) is 2.89. The summed E-state index contributed by atoms with van der Waals surface area (Å²) in [6.45, 7) is 6.67. The first kappa shape index (κ1) is 18.7. The van der Waals surface area contributed by atoms with Crippen LogP contribution in [-0.2, 0) is 0 Å². The molecule has 5 heteroatoms. The third kappa shape index (κ3) is 5.21. The van der Waals surface area contributed by atoms with Crippen molar-refractivity contribution in [2.45, 2.75) is 25.7 Å². The Hall–Kier alpha value is -1.59. The molecule has 0 atom stereocenters. The number of aryl methyl sites for hydroxylation is 2. The van der Waals surface area contributed by atoms with Gasteiger partial charge in [0, 0.05) is 40.4 Å². The minimum Gasteiger partial charge on any atom is -0.492 e. The molecule has 128 valence electrons. The zero-order valence-electron chi connectivity index (χ0n) is 14.3. The summed E-state index contributed by atoms with van der Waals surface area (Å²) >= 11 is 6.31. The molecule has 2 aromatic rings. The predicted octanol–water partition coefficient (Wildman–Crippen LogP) is 4.51. The summed E-state index contributed by atoms with van der Waals surface area (Å²) in [5, 5.41) is 0. The molecule has 0 radical (unpaired) electrons. The largest absolute Gasteiger partial charge is 0.492 e. The van der Waals surface area contributed by atoms with E-state index in [4.69, 9.17) is 4.74 Å². The first-order valence-electron chi connectivity index (χ1n) is 7.93. The standard InChI is InChI=1S/C19H23NO2S2/c1-4-24-10-9-22-18-13-16(5-6-19(18)23)7-8-20-14(2)11-17(21)12-15(20)3/h5-8,11-13,23H,4,9-10H2,1-3H3/b8-7+. The van der Waals surface area contributed by atoms with Crippen molar-refractivity contribution in [2.24, 2.45) is 0 Å². The van der Waals surface area contributed by atoms with Gasteiger partial charge in [-0.2, -0.15) is 11.8 Å². The second-order valence-electron chi connectivity index (χ2n) is 5.43. The third-order valence-electron chi connectivity index (χ3n) is 3.55. The summed E-state index contributed by atoms with van der Waals surface area (Å²) in [7, 11) is 0. The molecule has 3 nitrogen and oxygen atoms in total. The van der Waals surface area contributed by atoms with Crippen molar-refractivity contribution in [1.82, 2.24) is 4.57 Å². The van der Waals surface area contributed by atoms with Crippen LogP contribution in [0.4, 0.5) is 0 Å². The van der Waals surface area contributed by atoms with Crippen molar-refractivity contribution >= 4 is 36.7 Å². The van der Waals surface area contributed by atoms with Crippen molar-refractivity contribution in [3.63, 3.8) is 0 Å². The quantitative estimate of drug-likeness (QED) is 0.581. The normalized spacial score (nSPS) is 11.2. The summed E-state index contributed by atoms with van der Waals surface area (Å²) in [6.07, 6.45) is 3.97. The minimum atomic E-state index is 0.0368. The molecular formula is C19H23NO2S2. The van der Waals surface area contributed by atoms with Gasteiger partial charge < -0.3 is 9.30 Å². The van der Waals surface area contributed by atoms with Gasteiger partial charge in [0.05, 0.1) is 6.61 Å². The molecule has 0 amide bonds. The summed E-state index contributed by atoms with van der Waals surface area (Å²) < 4.78 is 7.81. The summed E-state index contributed by atoms with van der Waals surface area (Å²) in [4.78, 5) is 12.3. The van der Waals surface area contributed by atoms with E-state index >= 15 is 0 Å². The van der Waals surface area contributed by atoms with Crippen LogP contribution >= 0.6 is 24.4 Å². The number of nitrogens with zero attached hydrogens (tertiary/aromatic N) is 1. The second-order valence-corrected chi connectivity index (χ2v) is 7.31. The highest BCUT2D eigenvalue weighted by Crippen LogP contribution is 2.25. The van der Waals surface area contributed by atoms with Crippen molar-refractivity contribution in [1.29, 1.82) is 0 Å². The van der Waals surface area contributed by atoms with Crippen LogP contribution in [0.5, 0.6) is 5.75 Å². The van der Waals surface area contributed by atoms with E-state index in [9.17, 15) is 4.79 Å². The topological polar surface area (TPSA) is 31.2 Å². The number of pyridine rings is 1. The molecule has 2 rings (SSSR count). The lowest BCUT2D eigenvalue weighted by Crippen LogP contribution is -2.08. The van der Waals surface area contributed by atoms with E-state index in [1.165, 1.54) is 0 Å². The van der Waals surface area contributed by atoms with E-state index in [2.05, 4.69) is 19.6 Å². The van der Waals surface area contributed by atoms with Crippen LogP contribution in [-0.4, -0.2) is 22.7 Å². The number of ether oxygens (including phenoxy) is 1. The molecule has 0 aliphatic heterocycles. The lowest BCUT2D eigenvalue weighted by atomic mass is 10.2. The Labute approximate surface area is 153 Å². The van der Waals surface area contributed by atoms with Gasteiger partial charge in [0.25, 0.3) is 0 Å². The van der Waals surface area contributed by atoms with E-state index in [1.807, 2.05) is 60.7 Å². The molecule has 0 saturated carbocycles. The fourth-order valence-electron chi connectivity index (χ4n) is 2.37. The Kier molecular flexibility index (Phi) is 7.06. The van der Waals surface area contributed by atoms with Gasteiger partial charge >= 0.3 is 0 Å². The Bertz CT molecular complexity index is 755. The molecule has 0 aliphatic carbocycles. The SMILES string of the molecule is CCSCCOc1cc(/C=C/n2c(C)cc(=O)cc2C)ccc1S. The maximum atomic E-state index is 11.5. The van der Waals surface area contributed by atoms with Gasteiger partial charge in [-0.15, -0.1) is 12.6 Å². The number of hydrogen-bond donors (Lipinski definition) is 1. The highest BCUT2D eigenvalue weighted by Gasteiger charge is 2.02. The molecule has 0 spiro atoms. The Morgan fingerprint density at radius 2 is 1.92 bits per heavy atom. The lowest BCUT2D eigenvalue weighted by Gasteiger charge is -2.10. The zero-order chi connectivity index (χ0) is 17.5. The molecule has 0 N–H and O–H groups in total. The first-order chi connectivity index (χ1) is 11.5. The van der Waals surface area contributed by atoms with Crippen LogP contribution in [0.1, 0.15) is 23.9 Å². The summed E-state index contributed by atoms with van der Waals surface area (Å²) in [5.74, 6) is 2.86. The number of thioether (sulfide) groups is 1. The Balaban J connectivity index is 2.17. The third-order valence-corrected chi connectivity index (χ3v) is 4.78. The van der Waals surface area contributed by atoms with Crippen LogP contribution in [0.3, 0.4) is 0 Å². The van der Waals surface area contributed by atoms with Gasteiger partial charge in [0.15, 0.2) is 5.43 Å². The highest BCUT2D eigenvalue weighted by atomic mass is 32.2. The molecule has 0 unspecified atom stereocenters. The molecule has 1 aromatic heterocycles. The fraction of sp³-hybridized carbons (Fsp3) is 0.316. The molecule has 1 aromatic carbocycles. The average Bonchev–Trinajstić information content (AvgIpc) is 2.53. The van der Waals surface area contributed by atoms with Gasteiger partial charge in [-0.25, -0.2) is 0 Å². The minimum absolute atomic E-state index is 0.0368. The monoisotopic (exact) mass is 361 g/mol. The van der Waals surface area contributed by atoms with Gasteiger partial charge in [-0.3, -0.25) is 4.79 Å². The van der Waals surface area contributed by atoms with E-state index in [1.54, 1.807) is 12.1 Å². The van der Waals surface area contributed by atoms with Crippen LogP contribution in [0, 0.1) is 13.8 Å². The van der Waals surface area contributed by atoms with Gasteiger partial charge in [0.1, 0.15) is 5.75 Å². The first-order valence-corrected chi connectivity index (χ1v) is 9.53. The van der Waals surface area contributed by atoms with E-state index in [0.29, 0.717) is 6.61 Å². The predicted molar refractivity (Wildman–Crippen MR) is 108 cm³/mol. The molecule has 0 aliphatic rings. The van der Waals surface area contributed by atoms with Crippen molar-refractivity contribution in [3.05, 3.63) is 57.5 Å². The maximum absolute atomic E-state index is 11.5. The molecule has 1 heterocycles. The van der Waals surface area contributed by atoms with Gasteiger partial charge in [0.2, 0.25) is 0 Å². The maximum Gasteiger partial charge on any atom is 0.182 e. The molecular weight excluding hydrogens is 338 g/mol. The van der Waals surface area contributed by atoms with E-state index < -0.39 is 0 Å². The molecule has 24 heavy (non-hydrogen) atoms. The molecule has 0 saturated heterocycles. The lowest BCUT2D eigenvalue weighted by molar-refractivity contribution is 0.336. The van der Waals surface area contributed by atoms with Crippen LogP contribution in [0.2, 0.25) is 0 Å². The highest BCUT2D eigenvalue weighted by molar-refractivity contribution is 7.99. The second kappa shape index (κ2) is 9.04. The average molecular weight is 362 g/mol. The van der Waals surface area contributed by atoms with E-state index in [0.717, 1.165) is 39.1 Å². The number of benzene rings is 1. The van der Waals surface area contributed by atoms with Crippen molar-refractivity contribution in [2.75, 3.05) is 18.1 Å². The number of rotatable bonds is 7. The van der Waals surface area contributed by atoms with Gasteiger partial charge in [-0.1, -0.05) is 13.0 Å². The summed E-state index contributed by atoms with van der Waals surface area (Å²) in [6, 6.07) is 9.20. The Morgan fingerprint density at radius 1 is 1.21 bits per heavy atom. The van der Waals surface area contributed by atoms with Crippen molar-refractivity contribution in [3.8, 4) is 5.75 Å². The molecule has 0 bridgehead atoms. The van der Waals surface area contributed by atoms with Crippen molar-refractivity contribution < 1.29 is 4.74 Å². The van der Waals surface area contributed by atoms with Crippen LogP contribution < -0.4 is 10.2 Å². The van der Waals surface area contributed by atoms with Crippen LogP contribution in [0.15, 0.2) is 40.0 Å². The number of thiol groups is 1. The molecule has 0 fully saturated rings. The number of aromatic nitrogens is 1. The Morgan fingerprint density at radius 3 is 2.58 bits per heavy atom. The fourth-order valence-corrected chi connectivity index (χ4v) is 3.06. The smallest absolute Gasteiger partial charge is 0.182 e.